The minimum Gasteiger partial charge on any atom is -0.477 e. The van der Waals surface area contributed by atoms with Gasteiger partial charge in [0.05, 0.1) is 12.3 Å². The Balaban J connectivity index is 1.39. The summed E-state index contributed by atoms with van der Waals surface area (Å²) in [4.78, 5) is 15.1. The first-order valence-corrected chi connectivity index (χ1v) is 13.6. The molecule has 0 atom stereocenters. The number of likely N-dealkylation sites (tertiary alicyclic amines) is 1. The second-order valence-electron chi connectivity index (χ2n) is 10.4. The van der Waals surface area contributed by atoms with E-state index in [1.807, 2.05) is 16.8 Å². The fourth-order valence-electron chi connectivity index (χ4n) is 5.50. The van der Waals surface area contributed by atoms with E-state index in [9.17, 15) is 18.4 Å². The molecule has 0 spiro atoms. The number of hydrogen-bond acceptors (Lipinski definition) is 7. The zero-order valence-corrected chi connectivity index (χ0v) is 22.1. The first-order valence-electron chi connectivity index (χ1n) is 13.6. The summed E-state index contributed by atoms with van der Waals surface area (Å²) in [6, 6.07) is 4.74. The number of nitriles is 1. The highest BCUT2D eigenvalue weighted by atomic mass is 19.4. The lowest BCUT2D eigenvalue weighted by molar-refractivity contribution is -0.139. The van der Waals surface area contributed by atoms with Gasteiger partial charge in [-0.1, -0.05) is 6.92 Å². The number of ether oxygens (including phenoxy) is 2. The van der Waals surface area contributed by atoms with Crippen LogP contribution in [0, 0.1) is 23.2 Å². The minimum atomic E-state index is -4.66. The number of fused-ring (bicyclic) bond motifs is 1. The number of halogens is 3. The standard InChI is InChI=1S/C28H33F3N6O2/c1-2-36-9-3-19(4-10-36)8-14-39-27-23(28(29,30)31)15-21(17-33-27)25-22-5-11-37(18-20-6-12-38-13-7-20)26(22)35-24(16-32)34-25/h5,11,15,17,19-20H,2-4,6-10,12-14,18H2,1H3. The van der Waals surface area contributed by atoms with Crippen LogP contribution in [0.5, 0.6) is 5.88 Å². The van der Waals surface area contributed by atoms with E-state index in [0.29, 0.717) is 49.0 Å². The maximum Gasteiger partial charge on any atom is 0.421 e. The Hall–Kier alpha value is -3.23. The van der Waals surface area contributed by atoms with E-state index < -0.39 is 17.6 Å². The Kier molecular flexibility index (Phi) is 8.33. The van der Waals surface area contributed by atoms with E-state index in [0.717, 1.165) is 51.4 Å². The summed E-state index contributed by atoms with van der Waals surface area (Å²) in [5, 5.41) is 10.1. The van der Waals surface area contributed by atoms with Crippen molar-refractivity contribution >= 4 is 11.0 Å². The number of pyridine rings is 1. The van der Waals surface area contributed by atoms with Gasteiger partial charge in [-0.15, -0.1) is 0 Å². The Bertz CT molecular complexity index is 1320. The van der Waals surface area contributed by atoms with Crippen molar-refractivity contribution in [3.63, 3.8) is 0 Å². The van der Waals surface area contributed by atoms with Crippen LogP contribution in [0.1, 0.15) is 50.4 Å². The van der Waals surface area contributed by atoms with Crippen molar-refractivity contribution in [3.8, 4) is 23.2 Å². The van der Waals surface area contributed by atoms with Crippen LogP contribution in [0.3, 0.4) is 0 Å². The number of hydrogen-bond donors (Lipinski definition) is 0. The fourth-order valence-corrected chi connectivity index (χ4v) is 5.50. The Morgan fingerprint density at radius 1 is 1.13 bits per heavy atom. The molecule has 3 aromatic heterocycles. The number of nitrogens with zero attached hydrogens (tertiary/aromatic N) is 6. The first kappa shape index (κ1) is 27.3. The summed E-state index contributed by atoms with van der Waals surface area (Å²) in [6.07, 6.45) is 3.09. The Labute approximate surface area is 225 Å². The summed E-state index contributed by atoms with van der Waals surface area (Å²) in [5.74, 6) is 0.297. The molecule has 2 fully saturated rings. The fraction of sp³-hybridized carbons (Fsp3) is 0.571. The molecule has 5 rings (SSSR count). The topological polar surface area (TPSA) is 89.1 Å². The molecule has 208 valence electrons. The van der Waals surface area contributed by atoms with Crippen LogP contribution in [-0.2, 0) is 17.5 Å². The number of piperidine rings is 1. The molecule has 2 aliphatic heterocycles. The monoisotopic (exact) mass is 542 g/mol. The van der Waals surface area contributed by atoms with Gasteiger partial charge in [-0.2, -0.15) is 18.4 Å². The molecule has 0 amide bonds. The van der Waals surface area contributed by atoms with Gasteiger partial charge >= 0.3 is 6.18 Å². The van der Waals surface area contributed by atoms with Crippen LogP contribution in [-0.4, -0.2) is 63.9 Å². The number of aromatic nitrogens is 4. The van der Waals surface area contributed by atoms with Crippen molar-refractivity contribution in [2.24, 2.45) is 11.8 Å². The van der Waals surface area contributed by atoms with Crippen LogP contribution in [0.15, 0.2) is 24.5 Å². The third-order valence-corrected chi connectivity index (χ3v) is 7.86. The molecule has 0 aromatic carbocycles. The molecular weight excluding hydrogens is 509 g/mol. The summed E-state index contributed by atoms with van der Waals surface area (Å²) >= 11 is 0. The lowest BCUT2D eigenvalue weighted by Gasteiger charge is -2.30. The Morgan fingerprint density at radius 2 is 1.90 bits per heavy atom. The van der Waals surface area contributed by atoms with E-state index in [1.165, 1.54) is 6.20 Å². The van der Waals surface area contributed by atoms with Gasteiger partial charge in [0, 0.05) is 43.1 Å². The van der Waals surface area contributed by atoms with Gasteiger partial charge in [-0.3, -0.25) is 0 Å². The molecule has 0 aliphatic carbocycles. The van der Waals surface area contributed by atoms with Gasteiger partial charge in [0.25, 0.3) is 0 Å². The average Bonchev–Trinajstić information content (AvgIpc) is 3.35. The SMILES string of the molecule is CCN1CCC(CCOc2ncc(-c3nc(C#N)nc4c3ccn4CC3CCOCC3)cc2C(F)(F)F)CC1. The van der Waals surface area contributed by atoms with Crippen molar-refractivity contribution < 1.29 is 22.6 Å². The third kappa shape index (κ3) is 6.34. The molecule has 5 heterocycles. The average molecular weight is 543 g/mol. The van der Waals surface area contributed by atoms with Gasteiger partial charge in [-0.05, 0) is 75.7 Å². The van der Waals surface area contributed by atoms with Crippen LogP contribution >= 0.6 is 0 Å². The third-order valence-electron chi connectivity index (χ3n) is 7.86. The molecule has 39 heavy (non-hydrogen) atoms. The molecule has 2 saturated heterocycles. The van der Waals surface area contributed by atoms with Gasteiger partial charge < -0.3 is 18.9 Å². The lowest BCUT2D eigenvalue weighted by Crippen LogP contribution is -2.33. The van der Waals surface area contributed by atoms with Crippen molar-refractivity contribution in [3.05, 3.63) is 35.9 Å². The normalized spacial score (nSPS) is 17.9. The molecule has 0 N–H and O–H groups in total. The van der Waals surface area contributed by atoms with E-state index in [-0.39, 0.29) is 23.7 Å². The highest BCUT2D eigenvalue weighted by Crippen LogP contribution is 2.38. The highest BCUT2D eigenvalue weighted by molar-refractivity contribution is 5.91. The highest BCUT2D eigenvalue weighted by Gasteiger charge is 2.36. The first-order chi connectivity index (χ1) is 18.9. The summed E-state index contributed by atoms with van der Waals surface area (Å²) in [6.45, 7) is 7.44. The van der Waals surface area contributed by atoms with Crippen molar-refractivity contribution in [1.82, 2.24) is 24.4 Å². The molecule has 11 heteroatoms. The minimum absolute atomic E-state index is 0.104. The molecular formula is C28H33F3N6O2. The van der Waals surface area contributed by atoms with E-state index >= 15 is 0 Å². The van der Waals surface area contributed by atoms with Gasteiger partial charge in [0.2, 0.25) is 11.7 Å². The van der Waals surface area contributed by atoms with Gasteiger partial charge in [0.15, 0.2) is 0 Å². The second kappa shape index (κ2) is 11.9. The molecule has 0 radical (unpaired) electrons. The maximum absolute atomic E-state index is 14.1. The quantitative estimate of drug-likeness (QED) is 0.381. The molecule has 0 bridgehead atoms. The molecule has 8 nitrogen and oxygen atoms in total. The zero-order valence-electron chi connectivity index (χ0n) is 22.1. The van der Waals surface area contributed by atoms with E-state index in [1.54, 1.807) is 6.07 Å². The number of alkyl halides is 3. The van der Waals surface area contributed by atoms with E-state index in [2.05, 4.69) is 26.8 Å². The molecule has 0 saturated carbocycles. The lowest BCUT2D eigenvalue weighted by atomic mass is 9.94. The van der Waals surface area contributed by atoms with Crippen LogP contribution < -0.4 is 4.74 Å². The van der Waals surface area contributed by atoms with Crippen molar-refractivity contribution in [1.29, 1.82) is 5.26 Å². The number of rotatable bonds is 8. The second-order valence-corrected chi connectivity index (χ2v) is 10.4. The smallest absolute Gasteiger partial charge is 0.421 e. The predicted octanol–water partition coefficient (Wildman–Crippen LogP) is 5.31. The Morgan fingerprint density at radius 3 is 2.59 bits per heavy atom. The van der Waals surface area contributed by atoms with Crippen LogP contribution in [0.25, 0.3) is 22.3 Å². The summed E-state index contributed by atoms with van der Waals surface area (Å²) < 4.78 is 55.3. The molecule has 3 aromatic rings. The largest absolute Gasteiger partial charge is 0.477 e. The summed E-state index contributed by atoms with van der Waals surface area (Å²) in [5.41, 5.74) is -0.0254. The van der Waals surface area contributed by atoms with E-state index in [4.69, 9.17) is 9.47 Å². The predicted molar refractivity (Wildman–Crippen MR) is 139 cm³/mol. The molecule has 2 aliphatic rings. The van der Waals surface area contributed by atoms with Gasteiger partial charge in [0.1, 0.15) is 17.3 Å². The maximum atomic E-state index is 14.1. The summed E-state index contributed by atoms with van der Waals surface area (Å²) in [7, 11) is 0. The van der Waals surface area contributed by atoms with Gasteiger partial charge in [-0.25, -0.2) is 15.0 Å². The van der Waals surface area contributed by atoms with Crippen LogP contribution in [0.4, 0.5) is 13.2 Å². The van der Waals surface area contributed by atoms with Crippen LogP contribution in [0.2, 0.25) is 0 Å². The molecule has 0 unspecified atom stereocenters. The van der Waals surface area contributed by atoms with Crippen molar-refractivity contribution in [2.75, 3.05) is 39.5 Å². The van der Waals surface area contributed by atoms with Crippen molar-refractivity contribution in [2.45, 2.75) is 51.7 Å². The zero-order chi connectivity index (χ0) is 27.4.